The molecule has 0 aromatic heterocycles. The molecule has 0 heterocycles. The van der Waals surface area contributed by atoms with Crippen molar-refractivity contribution in [1.29, 1.82) is 0 Å². The number of nitrogens with zero attached hydrogens (tertiary/aromatic N) is 1. The predicted molar refractivity (Wildman–Crippen MR) is 81.9 cm³/mol. The molecule has 0 bridgehead atoms. The lowest BCUT2D eigenvalue weighted by Crippen LogP contribution is -2.54. The van der Waals surface area contributed by atoms with Gasteiger partial charge in [-0.2, -0.15) is 5.10 Å². The molecule has 2 rings (SSSR count). The van der Waals surface area contributed by atoms with Gasteiger partial charge in [0.2, 0.25) is 0 Å². The molecule has 0 aliphatic heterocycles. The summed E-state index contributed by atoms with van der Waals surface area (Å²) in [5, 5.41) is 45.4. The van der Waals surface area contributed by atoms with Gasteiger partial charge in [0, 0.05) is 12.1 Å². The van der Waals surface area contributed by atoms with E-state index in [1.165, 1.54) is 0 Å². The van der Waals surface area contributed by atoms with Gasteiger partial charge in [0.1, 0.15) is 12.2 Å². The van der Waals surface area contributed by atoms with Crippen LogP contribution in [0.25, 0.3) is 0 Å². The number of para-hydroxylation sites is 1. The molecule has 21 heavy (non-hydrogen) atoms. The van der Waals surface area contributed by atoms with E-state index in [0.29, 0.717) is 0 Å². The molecule has 1 aliphatic rings. The van der Waals surface area contributed by atoms with Gasteiger partial charge in [-0.05, 0) is 24.4 Å². The second-order valence-corrected chi connectivity index (χ2v) is 5.13. The summed E-state index contributed by atoms with van der Waals surface area (Å²) in [5.74, 6) is 0. The third kappa shape index (κ3) is 3.96. The standard InChI is InChI=1S/C13H17N3O4S/c17-8-6-9(18)11(19)12(20)10(8)15-16-13(21)14-7-4-2-1-3-5-7/h1-5,8-9,11-12,17-20H,6H2,(H2,14,16,21)/b15-10-/t8-,9+,11+,12-/m1/s1. The third-order valence-electron chi connectivity index (χ3n) is 3.15. The molecular weight excluding hydrogens is 294 g/mol. The lowest BCUT2D eigenvalue weighted by molar-refractivity contribution is -0.0652. The van der Waals surface area contributed by atoms with Crippen LogP contribution in [0.15, 0.2) is 35.4 Å². The number of nitrogens with one attached hydrogen (secondary N) is 2. The molecule has 0 spiro atoms. The minimum atomic E-state index is -1.45. The fourth-order valence-electron chi connectivity index (χ4n) is 2.01. The minimum absolute atomic E-state index is 0.0648. The average Bonchev–Trinajstić information content (AvgIpc) is 2.46. The monoisotopic (exact) mass is 311 g/mol. The van der Waals surface area contributed by atoms with Gasteiger partial charge in [-0.15, -0.1) is 0 Å². The fourth-order valence-corrected chi connectivity index (χ4v) is 2.17. The average molecular weight is 311 g/mol. The summed E-state index contributed by atoms with van der Waals surface area (Å²) in [6.45, 7) is 0. The molecule has 0 radical (unpaired) electrons. The largest absolute Gasteiger partial charge is 0.390 e. The Morgan fingerprint density at radius 3 is 2.48 bits per heavy atom. The third-order valence-corrected chi connectivity index (χ3v) is 3.34. The number of anilines is 1. The zero-order chi connectivity index (χ0) is 15.4. The maximum absolute atomic E-state index is 9.78. The van der Waals surface area contributed by atoms with Gasteiger partial charge in [-0.25, -0.2) is 0 Å². The number of hydrogen-bond donors (Lipinski definition) is 6. The van der Waals surface area contributed by atoms with Gasteiger partial charge < -0.3 is 25.7 Å². The molecular formula is C13H17N3O4S. The Morgan fingerprint density at radius 2 is 1.81 bits per heavy atom. The van der Waals surface area contributed by atoms with Crippen LogP contribution in [-0.4, -0.2) is 55.7 Å². The molecule has 8 heteroatoms. The molecule has 0 unspecified atom stereocenters. The van der Waals surface area contributed by atoms with E-state index in [4.69, 9.17) is 12.2 Å². The van der Waals surface area contributed by atoms with E-state index in [9.17, 15) is 20.4 Å². The first kappa shape index (κ1) is 15.8. The van der Waals surface area contributed by atoms with E-state index in [-0.39, 0.29) is 17.2 Å². The summed E-state index contributed by atoms with van der Waals surface area (Å²) in [5.41, 5.74) is 3.19. The molecule has 0 saturated heterocycles. The van der Waals surface area contributed by atoms with Crippen LogP contribution >= 0.6 is 12.2 Å². The topological polar surface area (TPSA) is 117 Å². The van der Waals surface area contributed by atoms with Gasteiger partial charge in [0.05, 0.1) is 17.9 Å². The van der Waals surface area contributed by atoms with Crippen molar-refractivity contribution >= 4 is 28.7 Å². The minimum Gasteiger partial charge on any atom is -0.390 e. The number of hydrogen-bond acceptors (Lipinski definition) is 6. The second kappa shape index (κ2) is 6.92. The van der Waals surface area contributed by atoms with Crippen molar-refractivity contribution < 1.29 is 20.4 Å². The highest BCUT2D eigenvalue weighted by atomic mass is 32.1. The predicted octanol–water partition coefficient (Wildman–Crippen LogP) is -0.824. The van der Waals surface area contributed by atoms with Crippen LogP contribution in [0.3, 0.4) is 0 Å². The summed E-state index contributed by atoms with van der Waals surface area (Å²) >= 11 is 5.03. The Labute approximate surface area is 126 Å². The van der Waals surface area contributed by atoms with Crippen molar-refractivity contribution in [2.24, 2.45) is 5.10 Å². The Hall–Kier alpha value is -1.58. The lowest BCUT2D eigenvalue weighted by atomic mass is 9.88. The normalized spacial score (nSPS) is 31.0. The number of hydrazone groups is 1. The molecule has 1 fully saturated rings. The van der Waals surface area contributed by atoms with Crippen molar-refractivity contribution in [2.45, 2.75) is 30.8 Å². The van der Waals surface area contributed by atoms with Crippen LogP contribution in [0, 0.1) is 0 Å². The van der Waals surface area contributed by atoms with Crippen LogP contribution in [0.4, 0.5) is 5.69 Å². The van der Waals surface area contributed by atoms with Crippen LogP contribution in [-0.2, 0) is 0 Å². The summed E-state index contributed by atoms with van der Waals surface area (Å²) in [6.07, 6.45) is -5.27. The van der Waals surface area contributed by atoms with Crippen molar-refractivity contribution in [1.82, 2.24) is 5.43 Å². The highest BCUT2D eigenvalue weighted by molar-refractivity contribution is 7.80. The Balaban J connectivity index is 1.98. The maximum Gasteiger partial charge on any atom is 0.191 e. The van der Waals surface area contributed by atoms with E-state index < -0.39 is 24.4 Å². The Bertz CT molecular complexity index is 525. The Morgan fingerprint density at radius 1 is 1.14 bits per heavy atom. The lowest BCUT2D eigenvalue weighted by Gasteiger charge is -2.32. The molecule has 1 aliphatic carbocycles. The number of aliphatic hydroxyl groups excluding tert-OH is 4. The molecule has 1 saturated carbocycles. The van der Waals surface area contributed by atoms with E-state index in [1.807, 2.05) is 30.3 Å². The first-order valence-electron chi connectivity index (χ1n) is 6.41. The summed E-state index contributed by atoms with van der Waals surface area (Å²) in [6, 6.07) is 9.16. The zero-order valence-corrected chi connectivity index (χ0v) is 11.9. The van der Waals surface area contributed by atoms with E-state index in [2.05, 4.69) is 15.8 Å². The molecule has 7 nitrogen and oxygen atoms in total. The van der Waals surface area contributed by atoms with Crippen molar-refractivity contribution in [2.75, 3.05) is 5.32 Å². The van der Waals surface area contributed by atoms with Gasteiger partial charge in [-0.3, -0.25) is 5.43 Å². The van der Waals surface area contributed by atoms with Crippen LogP contribution < -0.4 is 10.7 Å². The number of aliphatic hydroxyl groups is 4. The van der Waals surface area contributed by atoms with Crippen molar-refractivity contribution in [3.63, 3.8) is 0 Å². The molecule has 4 atom stereocenters. The van der Waals surface area contributed by atoms with E-state index in [0.717, 1.165) is 5.69 Å². The SMILES string of the molecule is O[C@@H]1[C@H](O)/C(=N\NC(=S)Nc2ccccc2)[C@H](O)C[C@@H]1O. The molecule has 6 N–H and O–H groups in total. The number of benzene rings is 1. The van der Waals surface area contributed by atoms with Gasteiger partial charge >= 0.3 is 0 Å². The van der Waals surface area contributed by atoms with E-state index >= 15 is 0 Å². The molecule has 114 valence electrons. The number of thiocarbonyl (C=S) groups is 1. The van der Waals surface area contributed by atoms with Gasteiger partial charge in [0.25, 0.3) is 0 Å². The van der Waals surface area contributed by atoms with Crippen molar-refractivity contribution in [3.8, 4) is 0 Å². The van der Waals surface area contributed by atoms with Gasteiger partial charge in [-0.1, -0.05) is 18.2 Å². The molecule has 0 amide bonds. The zero-order valence-electron chi connectivity index (χ0n) is 11.0. The summed E-state index contributed by atoms with van der Waals surface area (Å²) < 4.78 is 0. The van der Waals surface area contributed by atoms with Crippen molar-refractivity contribution in [3.05, 3.63) is 30.3 Å². The van der Waals surface area contributed by atoms with Crippen LogP contribution in [0.1, 0.15) is 6.42 Å². The van der Waals surface area contributed by atoms with Gasteiger partial charge in [0.15, 0.2) is 5.11 Å². The quantitative estimate of drug-likeness (QED) is 0.312. The molecule has 1 aromatic rings. The summed E-state index contributed by atoms with van der Waals surface area (Å²) in [4.78, 5) is 0. The molecule has 1 aromatic carbocycles. The highest BCUT2D eigenvalue weighted by Crippen LogP contribution is 2.18. The maximum atomic E-state index is 9.78. The highest BCUT2D eigenvalue weighted by Gasteiger charge is 2.39. The first-order chi connectivity index (χ1) is 9.99. The number of rotatable bonds is 2. The van der Waals surface area contributed by atoms with Crippen LogP contribution in [0.2, 0.25) is 0 Å². The second-order valence-electron chi connectivity index (χ2n) is 4.72. The first-order valence-corrected chi connectivity index (χ1v) is 6.81. The Kier molecular flexibility index (Phi) is 5.21. The smallest absolute Gasteiger partial charge is 0.191 e. The fraction of sp³-hybridized carbons (Fsp3) is 0.385. The van der Waals surface area contributed by atoms with E-state index in [1.54, 1.807) is 0 Å². The van der Waals surface area contributed by atoms with Crippen LogP contribution in [0.5, 0.6) is 0 Å². The summed E-state index contributed by atoms with van der Waals surface area (Å²) in [7, 11) is 0.